The number of hydroxylamine groups is 2. The number of amides is 2. The number of carbonyl (C=O) groups is 2. The van der Waals surface area contributed by atoms with Crippen LogP contribution in [0.25, 0.3) is 0 Å². The maximum atomic E-state index is 12.7. The van der Waals surface area contributed by atoms with Crippen molar-refractivity contribution in [3.8, 4) is 11.5 Å². The largest absolute Gasteiger partial charge is 0.497 e. The number of benzene rings is 2. The van der Waals surface area contributed by atoms with Crippen LogP contribution in [0, 0.1) is 0 Å². The molecule has 0 aliphatic carbocycles. The third kappa shape index (κ3) is 6.69. The highest BCUT2D eigenvalue weighted by atomic mass is 16.7. The number of carbonyl (C=O) groups excluding carboxylic acids is 2. The average Bonchev–Trinajstić information content (AvgIpc) is 2.76. The van der Waals surface area contributed by atoms with Crippen LogP contribution in [0.2, 0.25) is 0 Å². The first-order chi connectivity index (χ1) is 14.0. The number of nitrogens with zero attached hydrogens (tertiary/aromatic N) is 1. The second-order valence-corrected chi connectivity index (χ2v) is 6.20. The Kier molecular flexibility index (Phi) is 8.29. The number of hydrogen-bond donors (Lipinski definition) is 1. The van der Waals surface area contributed by atoms with E-state index in [0.717, 1.165) is 16.2 Å². The lowest BCUT2D eigenvalue weighted by atomic mass is 10.0. The van der Waals surface area contributed by atoms with E-state index in [2.05, 4.69) is 5.32 Å². The standard InChI is InChI=1S/C21H26N2O6/c1-23(28-4)20(24)19(12-16-10-17(26-2)13-18(11-16)27-3)22-21(25)29-14-15-8-6-5-7-9-15/h5-11,13,19H,12,14H2,1-4H3,(H,22,25)/t19-/m1/s1. The summed E-state index contributed by atoms with van der Waals surface area (Å²) in [6.45, 7) is 0.0979. The molecule has 2 aromatic carbocycles. The van der Waals surface area contributed by atoms with E-state index in [-0.39, 0.29) is 13.0 Å². The van der Waals surface area contributed by atoms with Gasteiger partial charge in [0.1, 0.15) is 24.1 Å². The molecule has 0 bridgehead atoms. The summed E-state index contributed by atoms with van der Waals surface area (Å²) >= 11 is 0. The molecule has 0 fully saturated rings. The van der Waals surface area contributed by atoms with E-state index in [1.807, 2.05) is 30.3 Å². The van der Waals surface area contributed by atoms with Gasteiger partial charge in [-0.2, -0.15) is 0 Å². The van der Waals surface area contributed by atoms with Crippen molar-refractivity contribution in [2.24, 2.45) is 0 Å². The summed E-state index contributed by atoms with van der Waals surface area (Å²) in [5, 5.41) is 3.67. The second kappa shape index (κ2) is 10.9. The molecule has 0 saturated carbocycles. The minimum Gasteiger partial charge on any atom is -0.497 e. The van der Waals surface area contributed by atoms with Gasteiger partial charge >= 0.3 is 6.09 Å². The van der Waals surface area contributed by atoms with Crippen molar-refractivity contribution in [3.63, 3.8) is 0 Å². The quantitative estimate of drug-likeness (QED) is 0.649. The maximum Gasteiger partial charge on any atom is 0.408 e. The molecular formula is C21H26N2O6. The van der Waals surface area contributed by atoms with E-state index in [4.69, 9.17) is 19.0 Å². The number of nitrogens with one attached hydrogen (secondary N) is 1. The zero-order valence-corrected chi connectivity index (χ0v) is 17.0. The molecule has 0 aliphatic rings. The molecule has 0 aliphatic heterocycles. The van der Waals surface area contributed by atoms with Gasteiger partial charge in [0, 0.05) is 19.5 Å². The van der Waals surface area contributed by atoms with Gasteiger partial charge in [0.2, 0.25) is 0 Å². The normalized spacial score (nSPS) is 11.3. The van der Waals surface area contributed by atoms with Gasteiger partial charge in [0.05, 0.1) is 21.3 Å². The van der Waals surface area contributed by atoms with Crippen LogP contribution < -0.4 is 14.8 Å². The Morgan fingerprint density at radius 3 is 2.14 bits per heavy atom. The van der Waals surface area contributed by atoms with Gasteiger partial charge in [-0.1, -0.05) is 30.3 Å². The Balaban J connectivity index is 2.12. The van der Waals surface area contributed by atoms with Gasteiger partial charge in [0.15, 0.2) is 0 Å². The lowest BCUT2D eigenvalue weighted by molar-refractivity contribution is -0.170. The van der Waals surface area contributed by atoms with Crippen LogP contribution in [0.3, 0.4) is 0 Å². The van der Waals surface area contributed by atoms with Crippen molar-refractivity contribution in [1.29, 1.82) is 0 Å². The molecule has 0 unspecified atom stereocenters. The van der Waals surface area contributed by atoms with Crippen molar-refractivity contribution < 1.29 is 28.6 Å². The molecule has 1 atom stereocenters. The molecule has 156 valence electrons. The smallest absolute Gasteiger partial charge is 0.408 e. The molecule has 2 aromatic rings. The molecule has 0 spiro atoms. The Bertz CT molecular complexity index is 790. The SMILES string of the molecule is COc1cc(C[C@@H](NC(=O)OCc2ccccc2)C(=O)N(C)OC)cc(OC)c1. The predicted molar refractivity (Wildman–Crippen MR) is 107 cm³/mol. The van der Waals surface area contributed by atoms with Gasteiger partial charge in [-0.25, -0.2) is 9.86 Å². The molecule has 8 heteroatoms. The molecule has 0 aromatic heterocycles. The zero-order valence-electron chi connectivity index (χ0n) is 17.0. The molecule has 8 nitrogen and oxygen atoms in total. The zero-order chi connectivity index (χ0) is 21.2. The fraction of sp³-hybridized carbons (Fsp3) is 0.333. The Hall–Kier alpha value is -3.26. The maximum absolute atomic E-state index is 12.7. The highest BCUT2D eigenvalue weighted by Gasteiger charge is 2.26. The molecule has 0 radical (unpaired) electrons. The van der Waals surface area contributed by atoms with E-state index in [1.165, 1.54) is 14.2 Å². The topological polar surface area (TPSA) is 86.3 Å². The number of ether oxygens (including phenoxy) is 3. The van der Waals surface area contributed by atoms with E-state index in [0.29, 0.717) is 11.5 Å². The summed E-state index contributed by atoms with van der Waals surface area (Å²) in [5.41, 5.74) is 1.59. The van der Waals surface area contributed by atoms with Crippen LogP contribution in [0.15, 0.2) is 48.5 Å². The number of methoxy groups -OCH3 is 2. The summed E-state index contributed by atoms with van der Waals surface area (Å²) < 4.78 is 15.8. The first-order valence-corrected chi connectivity index (χ1v) is 8.97. The Morgan fingerprint density at radius 1 is 0.966 bits per heavy atom. The molecule has 0 saturated heterocycles. The molecule has 29 heavy (non-hydrogen) atoms. The predicted octanol–water partition coefficient (Wildman–Crippen LogP) is 2.56. The average molecular weight is 402 g/mol. The van der Waals surface area contributed by atoms with Crippen molar-refractivity contribution in [2.75, 3.05) is 28.4 Å². The fourth-order valence-corrected chi connectivity index (χ4v) is 2.64. The van der Waals surface area contributed by atoms with Gasteiger partial charge in [-0.05, 0) is 23.3 Å². The lowest BCUT2D eigenvalue weighted by Gasteiger charge is -2.23. The van der Waals surface area contributed by atoms with Gasteiger partial charge in [-0.3, -0.25) is 9.63 Å². The second-order valence-electron chi connectivity index (χ2n) is 6.20. The highest BCUT2D eigenvalue weighted by molar-refractivity contribution is 5.85. The number of hydrogen-bond acceptors (Lipinski definition) is 6. The van der Waals surface area contributed by atoms with Crippen molar-refractivity contribution >= 4 is 12.0 Å². The van der Waals surface area contributed by atoms with E-state index in [1.54, 1.807) is 32.4 Å². The van der Waals surface area contributed by atoms with Crippen LogP contribution >= 0.6 is 0 Å². The van der Waals surface area contributed by atoms with E-state index < -0.39 is 18.0 Å². The first-order valence-electron chi connectivity index (χ1n) is 8.97. The molecule has 2 amide bonds. The molecule has 0 heterocycles. The number of likely N-dealkylation sites (N-methyl/N-ethyl adjacent to an activating group) is 1. The fourth-order valence-electron chi connectivity index (χ4n) is 2.64. The van der Waals surface area contributed by atoms with E-state index >= 15 is 0 Å². The summed E-state index contributed by atoms with van der Waals surface area (Å²) in [6, 6.07) is 13.6. The monoisotopic (exact) mass is 402 g/mol. The van der Waals surface area contributed by atoms with Crippen molar-refractivity contribution in [1.82, 2.24) is 10.4 Å². The van der Waals surface area contributed by atoms with Crippen LogP contribution in [0.4, 0.5) is 4.79 Å². The Morgan fingerprint density at radius 2 is 1.59 bits per heavy atom. The first kappa shape index (κ1) is 22.0. The van der Waals surface area contributed by atoms with Crippen molar-refractivity contribution in [3.05, 3.63) is 59.7 Å². The van der Waals surface area contributed by atoms with Crippen LogP contribution in [0.5, 0.6) is 11.5 Å². The van der Waals surface area contributed by atoms with Crippen LogP contribution in [-0.4, -0.2) is 51.5 Å². The lowest BCUT2D eigenvalue weighted by Crippen LogP contribution is -2.48. The summed E-state index contributed by atoms with van der Waals surface area (Å²) in [7, 11) is 5.92. The van der Waals surface area contributed by atoms with Gasteiger partial charge < -0.3 is 19.5 Å². The third-order valence-electron chi connectivity index (χ3n) is 4.24. The number of rotatable bonds is 9. The minimum atomic E-state index is -0.903. The van der Waals surface area contributed by atoms with Crippen molar-refractivity contribution in [2.45, 2.75) is 19.1 Å². The summed E-state index contributed by atoms with van der Waals surface area (Å²) in [5.74, 6) is 0.737. The highest BCUT2D eigenvalue weighted by Crippen LogP contribution is 2.23. The molecular weight excluding hydrogens is 376 g/mol. The van der Waals surface area contributed by atoms with Gasteiger partial charge in [0.25, 0.3) is 5.91 Å². The number of alkyl carbamates (subject to hydrolysis) is 1. The summed E-state index contributed by atoms with van der Waals surface area (Å²) in [6.07, 6.45) is -0.507. The molecule has 1 N–H and O–H groups in total. The van der Waals surface area contributed by atoms with Crippen LogP contribution in [-0.2, 0) is 27.4 Å². The third-order valence-corrected chi connectivity index (χ3v) is 4.24. The van der Waals surface area contributed by atoms with Crippen LogP contribution in [0.1, 0.15) is 11.1 Å². The van der Waals surface area contributed by atoms with E-state index in [9.17, 15) is 9.59 Å². The van der Waals surface area contributed by atoms with Gasteiger partial charge in [-0.15, -0.1) is 0 Å². The molecule has 2 rings (SSSR count). The Labute approximate surface area is 170 Å². The summed E-state index contributed by atoms with van der Waals surface area (Å²) in [4.78, 5) is 29.9. The minimum absolute atomic E-state index is 0.0979.